The molecule has 0 heterocycles. The van der Waals surface area contributed by atoms with Crippen molar-refractivity contribution < 1.29 is 19.4 Å². The van der Waals surface area contributed by atoms with Crippen LogP contribution in [0.4, 0.5) is 0 Å². The first kappa shape index (κ1) is 46.9. The fourth-order valence-corrected chi connectivity index (χ4v) is 13.4. The Bertz CT molecular complexity index is 823. The minimum Gasteiger partial charge on any atom is -0.459 e. The molecule has 0 aromatic carbocycles. The van der Waals surface area contributed by atoms with Gasteiger partial charge in [0.1, 0.15) is 6.10 Å². The standard InChI is InChI=1S/C19H32O2Si.C16H30OSi.C4H6O/c1-6-14-22(15-7-2,16-8-3)17-12-11-13-18(9-4)21-19(20)10-5;1-5-12-18(13-6-2,14-7-3)15-10-9-11-16(17)8-4;1-3-4(2)5/h6-8,10,18H,1-3,5,9,11-17H2,4H3;5-7,16-17H,1-3,8-15H2,4H3;3H,1H2,2H3. The Balaban J connectivity index is -0.000000690. The Morgan fingerprint density at radius 2 is 0.978 bits per heavy atom. The third kappa shape index (κ3) is 26.4. The van der Waals surface area contributed by atoms with E-state index in [0.717, 1.165) is 74.8 Å². The largest absolute Gasteiger partial charge is 0.459 e. The lowest BCUT2D eigenvalue weighted by Crippen LogP contribution is -2.31. The maximum atomic E-state index is 11.3. The molecule has 45 heavy (non-hydrogen) atoms. The topological polar surface area (TPSA) is 63.6 Å². The van der Waals surface area contributed by atoms with Crippen LogP contribution in [0.5, 0.6) is 0 Å². The van der Waals surface area contributed by atoms with Crippen LogP contribution in [0.15, 0.2) is 101 Å². The zero-order valence-corrected chi connectivity index (χ0v) is 31.4. The van der Waals surface area contributed by atoms with Crippen molar-refractivity contribution in [1.29, 1.82) is 0 Å². The number of carbonyl (C=O) groups is 2. The van der Waals surface area contributed by atoms with E-state index in [9.17, 15) is 14.7 Å². The molecule has 4 nitrogen and oxygen atoms in total. The van der Waals surface area contributed by atoms with E-state index in [4.69, 9.17) is 4.74 Å². The summed E-state index contributed by atoms with van der Waals surface area (Å²) in [6.45, 7) is 35.7. The van der Waals surface area contributed by atoms with Crippen molar-refractivity contribution in [3.05, 3.63) is 101 Å². The molecule has 0 saturated carbocycles. The maximum absolute atomic E-state index is 11.3. The van der Waals surface area contributed by atoms with Crippen LogP contribution >= 0.6 is 0 Å². The lowest BCUT2D eigenvalue weighted by Gasteiger charge is -2.29. The molecule has 0 rings (SSSR count). The van der Waals surface area contributed by atoms with Crippen LogP contribution in [0.3, 0.4) is 0 Å². The third-order valence-corrected chi connectivity index (χ3v) is 17.9. The number of aliphatic hydroxyl groups is 1. The first-order valence-electron chi connectivity index (χ1n) is 16.8. The van der Waals surface area contributed by atoms with E-state index in [1.807, 2.05) is 13.8 Å². The minimum absolute atomic E-state index is 0.0137. The third-order valence-electron chi connectivity index (χ3n) is 8.11. The highest BCUT2D eigenvalue weighted by Gasteiger charge is 2.29. The molecule has 0 saturated heterocycles. The summed E-state index contributed by atoms with van der Waals surface area (Å²) >= 11 is 0. The number of allylic oxidation sites excluding steroid dienone is 7. The molecule has 0 spiro atoms. The van der Waals surface area contributed by atoms with Crippen LogP contribution < -0.4 is 0 Å². The predicted molar refractivity (Wildman–Crippen MR) is 206 cm³/mol. The van der Waals surface area contributed by atoms with Gasteiger partial charge in [-0.1, -0.05) is 101 Å². The van der Waals surface area contributed by atoms with Gasteiger partial charge in [-0.25, -0.2) is 4.79 Å². The fraction of sp³-hybridized carbons (Fsp3) is 0.538. The summed E-state index contributed by atoms with van der Waals surface area (Å²) in [4.78, 5) is 21.0. The van der Waals surface area contributed by atoms with E-state index in [1.165, 1.54) is 44.0 Å². The van der Waals surface area contributed by atoms with E-state index in [1.54, 1.807) is 0 Å². The molecule has 0 bridgehead atoms. The average Bonchev–Trinajstić information content (AvgIpc) is 3.02. The number of hydrogen-bond donors (Lipinski definition) is 1. The zero-order valence-electron chi connectivity index (χ0n) is 29.4. The number of ether oxygens (including phenoxy) is 1. The van der Waals surface area contributed by atoms with Gasteiger partial charge in [0.05, 0.1) is 22.3 Å². The smallest absolute Gasteiger partial charge is 0.330 e. The molecule has 0 aliphatic carbocycles. The average molecular weight is 657 g/mol. The van der Waals surface area contributed by atoms with Gasteiger partial charge in [-0.2, -0.15) is 0 Å². The monoisotopic (exact) mass is 656 g/mol. The number of rotatable bonds is 27. The fourth-order valence-electron chi connectivity index (χ4n) is 5.46. The van der Waals surface area contributed by atoms with E-state index in [-0.39, 0.29) is 24.0 Å². The number of hydrogen-bond acceptors (Lipinski definition) is 4. The molecular formula is C39H68O4Si2. The molecular weight excluding hydrogens is 589 g/mol. The van der Waals surface area contributed by atoms with Crippen LogP contribution in [0.25, 0.3) is 0 Å². The Hall–Kier alpha value is -2.55. The molecule has 0 aliphatic rings. The Kier molecular flexibility index (Phi) is 32.7. The molecule has 0 aromatic rings. The van der Waals surface area contributed by atoms with Crippen LogP contribution in [0.1, 0.15) is 72.1 Å². The highest BCUT2D eigenvalue weighted by atomic mass is 28.3. The van der Waals surface area contributed by atoms with Crippen molar-refractivity contribution in [3.8, 4) is 0 Å². The molecule has 0 aromatic heterocycles. The first-order chi connectivity index (χ1) is 21.5. The summed E-state index contributed by atoms with van der Waals surface area (Å²) in [5.74, 6) is -0.300. The van der Waals surface area contributed by atoms with Gasteiger partial charge < -0.3 is 9.84 Å². The number of unbranched alkanes of at least 4 members (excludes halogenated alkanes) is 2. The van der Waals surface area contributed by atoms with Gasteiger partial charge in [0.2, 0.25) is 0 Å². The van der Waals surface area contributed by atoms with E-state index >= 15 is 0 Å². The van der Waals surface area contributed by atoms with E-state index < -0.39 is 16.1 Å². The predicted octanol–water partition coefficient (Wildman–Crippen LogP) is 11.4. The van der Waals surface area contributed by atoms with Gasteiger partial charge >= 0.3 is 5.97 Å². The summed E-state index contributed by atoms with van der Waals surface area (Å²) in [5.41, 5.74) is 0. The molecule has 6 heteroatoms. The summed E-state index contributed by atoms with van der Waals surface area (Å²) in [7, 11) is -2.71. The Morgan fingerprint density at radius 3 is 1.24 bits per heavy atom. The molecule has 0 aliphatic heterocycles. The lowest BCUT2D eigenvalue weighted by atomic mass is 10.1. The van der Waals surface area contributed by atoms with Crippen LogP contribution in [-0.4, -0.2) is 45.2 Å². The Labute approximate surface area is 280 Å². The highest BCUT2D eigenvalue weighted by molar-refractivity contribution is 6.81. The van der Waals surface area contributed by atoms with Gasteiger partial charge in [-0.15, -0.1) is 39.5 Å². The van der Waals surface area contributed by atoms with Gasteiger partial charge in [0.15, 0.2) is 5.78 Å². The number of aliphatic hydroxyl groups excluding tert-OH is 1. The maximum Gasteiger partial charge on any atom is 0.330 e. The second-order valence-corrected chi connectivity index (χ2v) is 21.4. The van der Waals surface area contributed by atoms with Gasteiger partial charge in [0, 0.05) is 6.08 Å². The summed E-state index contributed by atoms with van der Waals surface area (Å²) < 4.78 is 5.33. The number of esters is 1. The molecule has 1 N–H and O–H groups in total. The second-order valence-electron chi connectivity index (χ2n) is 12.0. The van der Waals surface area contributed by atoms with Crippen molar-refractivity contribution in [2.45, 2.75) is 133 Å². The summed E-state index contributed by atoms with van der Waals surface area (Å²) in [6, 6.07) is 9.37. The van der Waals surface area contributed by atoms with Crippen molar-refractivity contribution >= 4 is 27.9 Å². The van der Waals surface area contributed by atoms with E-state index in [2.05, 4.69) is 89.1 Å². The van der Waals surface area contributed by atoms with Crippen molar-refractivity contribution in [2.75, 3.05) is 0 Å². The SMILES string of the molecule is C=CC(C)=O.C=CC[Si](CC=C)(CC=C)CCCCC(CC)OC(=O)C=C.C=CC[Si](CC=C)(CC=C)CCCCC(O)CC. The van der Waals surface area contributed by atoms with Crippen molar-refractivity contribution in [3.63, 3.8) is 0 Å². The normalized spacial score (nSPS) is 11.9. The molecule has 2 atom stereocenters. The molecule has 0 amide bonds. The number of carbonyl (C=O) groups excluding carboxylic acids is 2. The molecule has 0 radical (unpaired) electrons. The molecule has 0 fully saturated rings. The van der Waals surface area contributed by atoms with Crippen LogP contribution in [-0.2, 0) is 14.3 Å². The van der Waals surface area contributed by atoms with Gasteiger partial charge in [-0.05, 0) is 74.9 Å². The van der Waals surface area contributed by atoms with Gasteiger partial charge in [0.25, 0.3) is 0 Å². The molecule has 256 valence electrons. The quantitative estimate of drug-likeness (QED) is 0.0314. The minimum atomic E-state index is -1.39. The Morgan fingerprint density at radius 1 is 0.622 bits per heavy atom. The van der Waals surface area contributed by atoms with Gasteiger partial charge in [-0.3, -0.25) is 4.79 Å². The van der Waals surface area contributed by atoms with Crippen molar-refractivity contribution in [1.82, 2.24) is 0 Å². The van der Waals surface area contributed by atoms with Crippen LogP contribution in [0, 0.1) is 0 Å². The van der Waals surface area contributed by atoms with Crippen molar-refractivity contribution in [2.24, 2.45) is 0 Å². The number of ketones is 1. The van der Waals surface area contributed by atoms with E-state index in [0.29, 0.717) is 0 Å². The lowest BCUT2D eigenvalue weighted by molar-refractivity contribution is -0.143. The highest BCUT2D eigenvalue weighted by Crippen LogP contribution is 2.31. The molecule has 2 unspecified atom stereocenters. The second kappa shape index (κ2) is 31.4. The summed E-state index contributed by atoms with van der Waals surface area (Å²) in [6.07, 6.45) is 23.0. The zero-order chi connectivity index (χ0) is 35.0. The summed E-state index contributed by atoms with van der Waals surface area (Å²) in [5, 5.41) is 9.56. The van der Waals surface area contributed by atoms with Crippen LogP contribution in [0.2, 0.25) is 48.4 Å². The first-order valence-corrected chi connectivity index (χ1v) is 22.4.